The van der Waals surface area contributed by atoms with E-state index in [-0.39, 0.29) is 35.7 Å². The summed E-state index contributed by atoms with van der Waals surface area (Å²) in [6.45, 7) is 2.12. The number of hydrogen-bond acceptors (Lipinski definition) is 5. The van der Waals surface area contributed by atoms with Gasteiger partial charge in [-0.2, -0.15) is 0 Å². The van der Waals surface area contributed by atoms with Crippen molar-refractivity contribution in [2.45, 2.75) is 13.5 Å². The number of aromatic nitrogens is 1. The molecular formula is C19H17NO5. The Hall–Kier alpha value is -3.28. The van der Waals surface area contributed by atoms with Crippen molar-refractivity contribution in [1.29, 1.82) is 0 Å². The average Bonchev–Trinajstić information content (AvgIpc) is 2.62. The van der Waals surface area contributed by atoms with Crippen LogP contribution in [-0.2, 0) is 11.3 Å². The molecule has 0 bridgehead atoms. The molecule has 0 aliphatic rings. The molecule has 0 saturated carbocycles. The summed E-state index contributed by atoms with van der Waals surface area (Å²) in [7, 11) is 0. The summed E-state index contributed by atoms with van der Waals surface area (Å²) in [5, 5.41) is 10.3. The Morgan fingerprint density at radius 1 is 1.20 bits per heavy atom. The fourth-order valence-corrected chi connectivity index (χ4v) is 2.45. The first-order chi connectivity index (χ1) is 12.1. The molecular weight excluding hydrogens is 322 g/mol. The van der Waals surface area contributed by atoms with E-state index < -0.39 is 11.4 Å². The van der Waals surface area contributed by atoms with E-state index in [2.05, 4.69) is 4.98 Å². The maximum atomic E-state index is 12.4. The minimum absolute atomic E-state index is 0.105. The number of H-pyrrole nitrogens is 1. The Kier molecular flexibility index (Phi) is 4.70. The van der Waals surface area contributed by atoms with E-state index in [0.29, 0.717) is 5.52 Å². The summed E-state index contributed by atoms with van der Waals surface area (Å²) in [6.07, 6.45) is 1.31. The standard InChI is InChI=1S/C19H17NO5/c1-2-24-19(23)14-10-20-15-9-17(16(21)8-13(15)18(14)22)25-11-12-6-4-3-5-7-12/h3-10,21H,2,11H2,1H3,(H,20,22). The van der Waals surface area contributed by atoms with Gasteiger partial charge < -0.3 is 19.6 Å². The summed E-state index contributed by atoms with van der Waals surface area (Å²) < 4.78 is 10.5. The Balaban J connectivity index is 1.93. The third kappa shape index (κ3) is 3.47. The highest BCUT2D eigenvalue weighted by atomic mass is 16.5. The van der Waals surface area contributed by atoms with Gasteiger partial charge in [0.05, 0.1) is 17.5 Å². The van der Waals surface area contributed by atoms with Gasteiger partial charge in [-0.3, -0.25) is 4.79 Å². The Labute approximate surface area is 143 Å². The number of rotatable bonds is 5. The van der Waals surface area contributed by atoms with Crippen LogP contribution in [0.25, 0.3) is 10.9 Å². The number of carbonyl (C=O) groups is 1. The van der Waals surface area contributed by atoms with Gasteiger partial charge in [-0.25, -0.2) is 4.79 Å². The normalized spacial score (nSPS) is 10.6. The lowest BCUT2D eigenvalue weighted by molar-refractivity contribution is 0.0524. The topological polar surface area (TPSA) is 88.6 Å². The van der Waals surface area contributed by atoms with E-state index in [1.807, 2.05) is 30.3 Å². The third-order valence-corrected chi connectivity index (χ3v) is 3.69. The molecule has 6 heteroatoms. The summed E-state index contributed by atoms with van der Waals surface area (Å²) >= 11 is 0. The number of fused-ring (bicyclic) bond motifs is 1. The zero-order valence-corrected chi connectivity index (χ0v) is 13.6. The van der Waals surface area contributed by atoms with Gasteiger partial charge >= 0.3 is 5.97 Å². The van der Waals surface area contributed by atoms with Crippen molar-refractivity contribution in [3.8, 4) is 11.5 Å². The minimum atomic E-state index is -0.699. The third-order valence-electron chi connectivity index (χ3n) is 3.69. The monoisotopic (exact) mass is 339 g/mol. The number of esters is 1. The Morgan fingerprint density at radius 3 is 2.68 bits per heavy atom. The zero-order chi connectivity index (χ0) is 17.8. The van der Waals surface area contributed by atoms with Crippen LogP contribution < -0.4 is 10.2 Å². The van der Waals surface area contributed by atoms with Crippen LogP contribution in [0, 0.1) is 0 Å². The number of carbonyl (C=O) groups excluding carboxylic acids is 1. The van der Waals surface area contributed by atoms with Crippen LogP contribution in [0.2, 0.25) is 0 Å². The molecule has 0 aliphatic heterocycles. The van der Waals surface area contributed by atoms with Gasteiger partial charge in [0, 0.05) is 12.3 Å². The minimum Gasteiger partial charge on any atom is -0.504 e. The Morgan fingerprint density at radius 2 is 1.96 bits per heavy atom. The number of benzene rings is 2. The highest BCUT2D eigenvalue weighted by Gasteiger charge is 2.16. The lowest BCUT2D eigenvalue weighted by Gasteiger charge is -2.10. The average molecular weight is 339 g/mol. The molecule has 0 aliphatic carbocycles. The van der Waals surface area contributed by atoms with Crippen molar-refractivity contribution < 1.29 is 19.4 Å². The number of nitrogens with one attached hydrogen (secondary N) is 1. The van der Waals surface area contributed by atoms with E-state index >= 15 is 0 Å². The largest absolute Gasteiger partial charge is 0.504 e. The number of ether oxygens (including phenoxy) is 2. The molecule has 1 heterocycles. The number of aromatic amines is 1. The van der Waals surface area contributed by atoms with Crippen LogP contribution in [0.4, 0.5) is 0 Å². The second-order valence-corrected chi connectivity index (χ2v) is 5.39. The van der Waals surface area contributed by atoms with Crippen molar-refractivity contribution in [2.24, 2.45) is 0 Å². The van der Waals surface area contributed by atoms with Crippen molar-refractivity contribution in [3.63, 3.8) is 0 Å². The molecule has 6 nitrogen and oxygen atoms in total. The van der Waals surface area contributed by atoms with Crippen LogP contribution in [-0.4, -0.2) is 22.7 Å². The van der Waals surface area contributed by atoms with Gasteiger partial charge in [-0.15, -0.1) is 0 Å². The molecule has 2 N–H and O–H groups in total. The van der Waals surface area contributed by atoms with Crippen LogP contribution >= 0.6 is 0 Å². The fraction of sp³-hybridized carbons (Fsp3) is 0.158. The number of hydrogen-bond donors (Lipinski definition) is 2. The fourth-order valence-electron chi connectivity index (χ4n) is 2.45. The number of pyridine rings is 1. The maximum absolute atomic E-state index is 12.4. The molecule has 3 rings (SSSR count). The molecule has 0 saturated heterocycles. The number of phenols is 1. The number of aromatic hydroxyl groups is 1. The van der Waals surface area contributed by atoms with Gasteiger partial charge in [-0.1, -0.05) is 30.3 Å². The SMILES string of the molecule is CCOC(=O)c1c[nH]c2cc(OCc3ccccc3)c(O)cc2c1=O. The quantitative estimate of drug-likeness (QED) is 0.698. The first-order valence-corrected chi connectivity index (χ1v) is 7.82. The van der Waals surface area contributed by atoms with Gasteiger partial charge in [0.25, 0.3) is 0 Å². The lowest BCUT2D eigenvalue weighted by Crippen LogP contribution is -2.18. The van der Waals surface area contributed by atoms with Crippen LogP contribution in [0.3, 0.4) is 0 Å². The van der Waals surface area contributed by atoms with Crippen molar-refractivity contribution >= 4 is 16.9 Å². The highest BCUT2D eigenvalue weighted by molar-refractivity contribution is 5.94. The molecule has 3 aromatic rings. The van der Waals surface area contributed by atoms with Crippen LogP contribution in [0.5, 0.6) is 11.5 Å². The van der Waals surface area contributed by atoms with Crippen LogP contribution in [0.1, 0.15) is 22.8 Å². The molecule has 0 amide bonds. The zero-order valence-electron chi connectivity index (χ0n) is 13.6. The highest BCUT2D eigenvalue weighted by Crippen LogP contribution is 2.30. The van der Waals surface area contributed by atoms with Crippen molar-refractivity contribution in [2.75, 3.05) is 6.61 Å². The molecule has 128 valence electrons. The van der Waals surface area contributed by atoms with Crippen LogP contribution in [0.15, 0.2) is 53.5 Å². The lowest BCUT2D eigenvalue weighted by atomic mass is 10.1. The predicted octanol–water partition coefficient (Wildman–Crippen LogP) is 2.99. The molecule has 2 aromatic carbocycles. The second kappa shape index (κ2) is 7.09. The number of phenolic OH excluding ortho intramolecular Hbond substituents is 1. The first-order valence-electron chi connectivity index (χ1n) is 7.82. The smallest absolute Gasteiger partial charge is 0.343 e. The molecule has 0 spiro atoms. The van der Waals surface area contributed by atoms with E-state index in [0.717, 1.165) is 5.56 Å². The van der Waals surface area contributed by atoms with Gasteiger partial charge in [0.15, 0.2) is 11.5 Å². The van der Waals surface area contributed by atoms with Crippen molar-refractivity contribution in [1.82, 2.24) is 4.98 Å². The maximum Gasteiger partial charge on any atom is 0.343 e. The van der Waals surface area contributed by atoms with E-state index in [1.54, 1.807) is 6.92 Å². The molecule has 25 heavy (non-hydrogen) atoms. The molecule has 0 unspecified atom stereocenters. The predicted molar refractivity (Wildman–Crippen MR) is 93.0 cm³/mol. The molecule has 0 radical (unpaired) electrons. The Bertz CT molecular complexity index is 963. The molecule has 1 aromatic heterocycles. The summed E-state index contributed by atoms with van der Waals surface area (Å²) in [5.74, 6) is -0.625. The van der Waals surface area contributed by atoms with E-state index in [4.69, 9.17) is 9.47 Å². The van der Waals surface area contributed by atoms with Crippen molar-refractivity contribution in [3.05, 3.63) is 70.0 Å². The van der Waals surface area contributed by atoms with E-state index in [1.165, 1.54) is 18.3 Å². The summed E-state index contributed by atoms with van der Waals surface area (Å²) in [6, 6.07) is 12.3. The summed E-state index contributed by atoms with van der Waals surface area (Å²) in [5.41, 5.74) is 0.802. The summed E-state index contributed by atoms with van der Waals surface area (Å²) in [4.78, 5) is 27.1. The molecule has 0 atom stereocenters. The molecule has 0 fully saturated rings. The van der Waals surface area contributed by atoms with Gasteiger partial charge in [0.1, 0.15) is 12.2 Å². The first kappa shape index (κ1) is 16.6. The van der Waals surface area contributed by atoms with Gasteiger partial charge in [0.2, 0.25) is 5.43 Å². The second-order valence-electron chi connectivity index (χ2n) is 5.39. The van der Waals surface area contributed by atoms with Gasteiger partial charge in [-0.05, 0) is 18.6 Å². The van der Waals surface area contributed by atoms with E-state index in [9.17, 15) is 14.7 Å².